The number of nitrogens with zero attached hydrogens (tertiary/aromatic N) is 3. The van der Waals surface area contributed by atoms with E-state index in [9.17, 15) is 14.4 Å². The highest BCUT2D eigenvalue weighted by atomic mass is 32.2. The SMILES string of the molecule is COCCn1c(=NC(=O)CSCC(=O)N2CCCCCC2)sc2cc(C(=O)OC)ccc21. The van der Waals surface area contributed by atoms with Gasteiger partial charge in [0, 0.05) is 26.7 Å². The molecule has 3 rings (SSSR count). The van der Waals surface area contributed by atoms with Crippen LogP contribution in [-0.2, 0) is 25.6 Å². The Morgan fingerprint density at radius 1 is 1.09 bits per heavy atom. The summed E-state index contributed by atoms with van der Waals surface area (Å²) in [6.07, 6.45) is 4.45. The zero-order chi connectivity index (χ0) is 22.9. The number of hydrogen-bond acceptors (Lipinski definition) is 7. The first-order valence-corrected chi connectivity index (χ1v) is 12.6. The van der Waals surface area contributed by atoms with Crippen LogP contribution in [0.25, 0.3) is 10.2 Å². The van der Waals surface area contributed by atoms with E-state index in [0.29, 0.717) is 29.3 Å². The maximum atomic E-state index is 12.5. The zero-order valence-electron chi connectivity index (χ0n) is 18.5. The highest BCUT2D eigenvalue weighted by Crippen LogP contribution is 2.20. The van der Waals surface area contributed by atoms with E-state index in [4.69, 9.17) is 9.47 Å². The molecule has 174 valence electrons. The fraction of sp³-hybridized carbons (Fsp3) is 0.545. The maximum absolute atomic E-state index is 12.5. The van der Waals surface area contributed by atoms with Gasteiger partial charge >= 0.3 is 5.97 Å². The first-order valence-electron chi connectivity index (χ1n) is 10.7. The molecular formula is C22H29N3O5S2. The topological polar surface area (TPSA) is 90.2 Å². The normalized spacial score (nSPS) is 15.1. The molecule has 1 aromatic carbocycles. The molecule has 0 unspecified atom stereocenters. The number of aromatic nitrogens is 1. The quantitative estimate of drug-likeness (QED) is 0.541. The molecule has 1 aliphatic rings. The van der Waals surface area contributed by atoms with E-state index in [1.54, 1.807) is 19.2 Å². The molecule has 1 aliphatic heterocycles. The van der Waals surface area contributed by atoms with Gasteiger partial charge in [0.25, 0.3) is 5.91 Å². The lowest BCUT2D eigenvalue weighted by molar-refractivity contribution is -0.128. The van der Waals surface area contributed by atoms with E-state index in [-0.39, 0.29) is 17.6 Å². The molecule has 0 aliphatic carbocycles. The second-order valence-corrected chi connectivity index (χ2v) is 9.49. The number of methoxy groups -OCH3 is 2. The van der Waals surface area contributed by atoms with Gasteiger partial charge in [0.1, 0.15) is 0 Å². The predicted molar refractivity (Wildman–Crippen MR) is 126 cm³/mol. The molecule has 1 aromatic heterocycles. The molecule has 0 atom stereocenters. The molecule has 32 heavy (non-hydrogen) atoms. The molecule has 0 N–H and O–H groups in total. The van der Waals surface area contributed by atoms with Crippen molar-refractivity contribution >= 4 is 51.1 Å². The molecule has 2 amide bonds. The number of carbonyl (C=O) groups is 3. The minimum atomic E-state index is -0.413. The Morgan fingerprint density at radius 3 is 2.53 bits per heavy atom. The molecule has 0 radical (unpaired) electrons. The number of rotatable bonds is 8. The summed E-state index contributed by atoms with van der Waals surface area (Å²) >= 11 is 2.64. The van der Waals surface area contributed by atoms with Crippen LogP contribution in [0, 0.1) is 0 Å². The summed E-state index contributed by atoms with van der Waals surface area (Å²) in [7, 11) is 2.96. The number of benzene rings is 1. The summed E-state index contributed by atoms with van der Waals surface area (Å²) in [4.78, 5) is 43.5. The Hall–Kier alpha value is -2.17. The first-order chi connectivity index (χ1) is 15.5. The van der Waals surface area contributed by atoms with Crippen LogP contribution in [0.5, 0.6) is 0 Å². The lowest BCUT2D eigenvalue weighted by Gasteiger charge is -2.19. The van der Waals surface area contributed by atoms with E-state index in [1.165, 1.54) is 43.1 Å². The van der Waals surface area contributed by atoms with Gasteiger partial charge in [-0.15, -0.1) is 11.8 Å². The number of hydrogen-bond donors (Lipinski definition) is 0. The minimum Gasteiger partial charge on any atom is -0.465 e. The monoisotopic (exact) mass is 479 g/mol. The lowest BCUT2D eigenvalue weighted by atomic mass is 10.2. The molecule has 2 heterocycles. The smallest absolute Gasteiger partial charge is 0.337 e. The lowest BCUT2D eigenvalue weighted by Crippen LogP contribution is -2.33. The van der Waals surface area contributed by atoms with Gasteiger partial charge < -0.3 is 18.9 Å². The largest absolute Gasteiger partial charge is 0.465 e. The van der Waals surface area contributed by atoms with E-state index < -0.39 is 5.97 Å². The summed E-state index contributed by atoms with van der Waals surface area (Å²) in [5.41, 5.74) is 1.32. The molecule has 0 spiro atoms. The Bertz CT molecular complexity index is 1020. The van der Waals surface area contributed by atoms with Crippen molar-refractivity contribution in [2.24, 2.45) is 4.99 Å². The van der Waals surface area contributed by atoms with Crippen LogP contribution in [0.4, 0.5) is 0 Å². The second-order valence-electron chi connectivity index (χ2n) is 7.50. The number of carbonyl (C=O) groups excluding carboxylic acids is 3. The van der Waals surface area contributed by atoms with Gasteiger partial charge in [0.15, 0.2) is 4.80 Å². The van der Waals surface area contributed by atoms with Gasteiger partial charge in [-0.2, -0.15) is 4.99 Å². The summed E-state index contributed by atoms with van der Waals surface area (Å²) in [5.74, 6) is -0.170. The van der Waals surface area contributed by atoms with Crippen molar-refractivity contribution in [1.29, 1.82) is 0 Å². The van der Waals surface area contributed by atoms with Crippen LogP contribution in [0.3, 0.4) is 0 Å². The highest BCUT2D eigenvalue weighted by molar-refractivity contribution is 8.00. The van der Waals surface area contributed by atoms with E-state index in [1.807, 2.05) is 15.5 Å². The summed E-state index contributed by atoms with van der Waals surface area (Å²) in [6, 6.07) is 5.26. The zero-order valence-corrected chi connectivity index (χ0v) is 20.1. The predicted octanol–water partition coefficient (Wildman–Crippen LogP) is 2.70. The fourth-order valence-electron chi connectivity index (χ4n) is 3.58. The van der Waals surface area contributed by atoms with Crippen LogP contribution >= 0.6 is 23.1 Å². The molecule has 8 nitrogen and oxygen atoms in total. The summed E-state index contributed by atoms with van der Waals surface area (Å²) < 4.78 is 12.7. The van der Waals surface area contributed by atoms with Crippen LogP contribution in [0.2, 0.25) is 0 Å². The number of thioether (sulfide) groups is 1. The molecule has 2 aromatic rings. The third-order valence-electron chi connectivity index (χ3n) is 5.25. The Kier molecular flexibility index (Phi) is 9.31. The molecule has 0 saturated carbocycles. The number of amides is 2. The number of likely N-dealkylation sites (tertiary alicyclic amines) is 1. The van der Waals surface area contributed by atoms with Gasteiger partial charge in [-0.05, 0) is 31.0 Å². The summed E-state index contributed by atoms with van der Waals surface area (Å²) in [6.45, 7) is 2.62. The van der Waals surface area contributed by atoms with Crippen molar-refractivity contribution in [2.45, 2.75) is 32.2 Å². The van der Waals surface area contributed by atoms with Crippen LogP contribution < -0.4 is 4.80 Å². The van der Waals surface area contributed by atoms with Crippen molar-refractivity contribution in [2.75, 3.05) is 45.4 Å². The molecule has 1 fully saturated rings. The minimum absolute atomic E-state index is 0.0945. The van der Waals surface area contributed by atoms with Gasteiger partial charge in [-0.1, -0.05) is 24.2 Å². The number of esters is 1. The average Bonchev–Trinajstić information content (AvgIpc) is 2.95. The van der Waals surface area contributed by atoms with Gasteiger partial charge in [0.2, 0.25) is 5.91 Å². The maximum Gasteiger partial charge on any atom is 0.337 e. The van der Waals surface area contributed by atoms with Crippen molar-refractivity contribution in [3.63, 3.8) is 0 Å². The third kappa shape index (κ3) is 6.43. The second kappa shape index (κ2) is 12.2. The Morgan fingerprint density at radius 2 is 1.84 bits per heavy atom. The van der Waals surface area contributed by atoms with Crippen molar-refractivity contribution in [1.82, 2.24) is 9.47 Å². The van der Waals surface area contributed by atoms with Crippen molar-refractivity contribution in [3.8, 4) is 0 Å². The average molecular weight is 480 g/mol. The number of thiazole rings is 1. The van der Waals surface area contributed by atoms with Gasteiger partial charge in [0.05, 0.1) is 41.0 Å². The van der Waals surface area contributed by atoms with E-state index in [0.717, 1.165) is 36.1 Å². The molecule has 0 bridgehead atoms. The molecule has 1 saturated heterocycles. The highest BCUT2D eigenvalue weighted by Gasteiger charge is 2.16. The Labute approximate surface area is 195 Å². The molecular weight excluding hydrogens is 450 g/mol. The van der Waals surface area contributed by atoms with Crippen LogP contribution in [0.1, 0.15) is 36.0 Å². The third-order valence-corrected chi connectivity index (χ3v) is 7.20. The Balaban J connectivity index is 1.71. The summed E-state index contributed by atoms with van der Waals surface area (Å²) in [5, 5.41) is 0. The number of ether oxygens (including phenoxy) is 2. The van der Waals surface area contributed by atoms with E-state index in [2.05, 4.69) is 4.99 Å². The standard InChI is InChI=1S/C22H29N3O5S2/c1-29-12-11-25-17-8-7-16(21(28)30-2)13-18(17)32-22(25)23-19(26)14-31-15-20(27)24-9-5-3-4-6-10-24/h7-8,13H,3-6,9-12,14-15H2,1-2H3. The van der Waals surface area contributed by atoms with Crippen LogP contribution in [-0.4, -0.2) is 72.7 Å². The first kappa shape index (κ1) is 24.5. The van der Waals surface area contributed by atoms with E-state index >= 15 is 0 Å². The van der Waals surface area contributed by atoms with Crippen molar-refractivity contribution < 1.29 is 23.9 Å². The van der Waals surface area contributed by atoms with Crippen molar-refractivity contribution in [3.05, 3.63) is 28.6 Å². The fourth-order valence-corrected chi connectivity index (χ4v) is 5.39. The van der Waals surface area contributed by atoms with Gasteiger partial charge in [-0.25, -0.2) is 4.79 Å². The number of fused-ring (bicyclic) bond motifs is 1. The van der Waals surface area contributed by atoms with Crippen LogP contribution in [0.15, 0.2) is 23.2 Å². The molecule has 10 heteroatoms. The van der Waals surface area contributed by atoms with Gasteiger partial charge in [-0.3, -0.25) is 9.59 Å².